The topological polar surface area (TPSA) is 59.8 Å². The van der Waals surface area contributed by atoms with Crippen LogP contribution < -0.4 is 5.32 Å². The second-order valence-electron chi connectivity index (χ2n) is 5.21. The summed E-state index contributed by atoms with van der Waals surface area (Å²) in [5, 5.41) is 10.5. The lowest BCUT2D eigenvalue weighted by Crippen LogP contribution is -2.23. The van der Waals surface area contributed by atoms with Gasteiger partial charge in [0.15, 0.2) is 5.69 Å². The molecule has 5 nitrogen and oxygen atoms in total. The van der Waals surface area contributed by atoms with Crippen LogP contribution in [-0.2, 0) is 13.1 Å². The van der Waals surface area contributed by atoms with Gasteiger partial charge in [-0.2, -0.15) is 0 Å². The lowest BCUT2D eigenvalue weighted by molar-refractivity contribution is 0.0945. The van der Waals surface area contributed by atoms with Gasteiger partial charge in [-0.3, -0.25) is 4.79 Å². The summed E-state index contributed by atoms with van der Waals surface area (Å²) < 4.78 is 16.0. The number of nitrogens with one attached hydrogen (secondary N) is 1. The summed E-state index contributed by atoms with van der Waals surface area (Å²) in [6.07, 6.45) is 1.57. The molecular weight excluding hydrogens is 375 g/mol. The number of amides is 1. The molecule has 0 spiro atoms. The highest BCUT2D eigenvalue weighted by atomic mass is 79.9. The Kier molecular flexibility index (Phi) is 5.00. The van der Waals surface area contributed by atoms with Gasteiger partial charge < -0.3 is 5.32 Å². The number of hydrogen-bond acceptors (Lipinski definition) is 3. The molecule has 0 saturated carbocycles. The summed E-state index contributed by atoms with van der Waals surface area (Å²) in [7, 11) is 0. The van der Waals surface area contributed by atoms with Gasteiger partial charge in [-0.15, -0.1) is 5.10 Å². The van der Waals surface area contributed by atoms with Crippen molar-refractivity contribution < 1.29 is 9.18 Å². The van der Waals surface area contributed by atoms with Gasteiger partial charge in [0.05, 0.1) is 12.7 Å². The Labute approximate surface area is 146 Å². The monoisotopic (exact) mass is 388 g/mol. The van der Waals surface area contributed by atoms with Crippen LogP contribution in [0.3, 0.4) is 0 Å². The Morgan fingerprint density at radius 3 is 2.79 bits per heavy atom. The van der Waals surface area contributed by atoms with Crippen molar-refractivity contribution in [2.45, 2.75) is 13.1 Å². The fourth-order valence-electron chi connectivity index (χ4n) is 2.20. The molecule has 1 N–H and O–H groups in total. The van der Waals surface area contributed by atoms with Crippen molar-refractivity contribution in [1.29, 1.82) is 0 Å². The lowest BCUT2D eigenvalue weighted by Gasteiger charge is -2.05. The lowest BCUT2D eigenvalue weighted by atomic mass is 10.2. The van der Waals surface area contributed by atoms with Crippen molar-refractivity contribution in [1.82, 2.24) is 20.3 Å². The first-order valence-corrected chi connectivity index (χ1v) is 8.07. The molecule has 0 bridgehead atoms. The van der Waals surface area contributed by atoms with Crippen molar-refractivity contribution in [3.8, 4) is 0 Å². The minimum Gasteiger partial charge on any atom is -0.346 e. The summed E-state index contributed by atoms with van der Waals surface area (Å²) in [5.74, 6) is -0.764. The van der Waals surface area contributed by atoms with Crippen molar-refractivity contribution in [2.75, 3.05) is 0 Å². The standard InChI is InChI=1S/C17H14BrFN4O/c18-14-6-7-15(19)13(8-14)9-20-17(24)16-11-23(22-21-16)10-12-4-2-1-3-5-12/h1-8,11H,9-10H2,(H,20,24). The van der Waals surface area contributed by atoms with Crippen LogP contribution in [0.4, 0.5) is 4.39 Å². The molecule has 0 fully saturated rings. The van der Waals surface area contributed by atoms with Gasteiger partial charge in [0.2, 0.25) is 0 Å². The molecule has 24 heavy (non-hydrogen) atoms. The van der Waals surface area contributed by atoms with Gasteiger partial charge in [-0.25, -0.2) is 9.07 Å². The van der Waals surface area contributed by atoms with E-state index in [0.29, 0.717) is 12.1 Å². The molecule has 3 rings (SSSR count). The van der Waals surface area contributed by atoms with E-state index in [1.807, 2.05) is 30.3 Å². The molecular formula is C17H14BrFN4O. The Morgan fingerprint density at radius 2 is 2.00 bits per heavy atom. The third kappa shape index (κ3) is 4.05. The number of halogens is 2. The van der Waals surface area contributed by atoms with E-state index < -0.39 is 5.91 Å². The van der Waals surface area contributed by atoms with Crippen LogP contribution in [-0.4, -0.2) is 20.9 Å². The molecule has 0 aliphatic rings. The molecule has 1 heterocycles. The van der Waals surface area contributed by atoms with Crippen LogP contribution >= 0.6 is 15.9 Å². The van der Waals surface area contributed by atoms with E-state index in [4.69, 9.17) is 0 Å². The quantitative estimate of drug-likeness (QED) is 0.730. The van der Waals surface area contributed by atoms with Crippen LogP contribution in [0.1, 0.15) is 21.6 Å². The molecule has 1 amide bonds. The van der Waals surface area contributed by atoms with E-state index in [1.165, 1.54) is 6.07 Å². The molecule has 122 valence electrons. The highest BCUT2D eigenvalue weighted by Crippen LogP contribution is 2.15. The molecule has 0 saturated heterocycles. The van der Waals surface area contributed by atoms with Crippen LogP contribution in [0.5, 0.6) is 0 Å². The van der Waals surface area contributed by atoms with Crippen molar-refractivity contribution in [2.24, 2.45) is 0 Å². The van der Waals surface area contributed by atoms with Crippen molar-refractivity contribution in [3.63, 3.8) is 0 Å². The van der Waals surface area contributed by atoms with E-state index in [1.54, 1.807) is 23.0 Å². The first kappa shape index (κ1) is 16.3. The molecule has 1 aromatic heterocycles. The van der Waals surface area contributed by atoms with E-state index in [0.717, 1.165) is 10.0 Å². The molecule has 0 radical (unpaired) electrons. The average Bonchev–Trinajstić information content (AvgIpc) is 3.05. The summed E-state index contributed by atoms with van der Waals surface area (Å²) >= 11 is 3.28. The Morgan fingerprint density at radius 1 is 1.21 bits per heavy atom. The second-order valence-corrected chi connectivity index (χ2v) is 6.12. The predicted octanol–water partition coefficient (Wildman–Crippen LogP) is 3.16. The molecule has 0 aliphatic carbocycles. The van der Waals surface area contributed by atoms with E-state index in [9.17, 15) is 9.18 Å². The van der Waals surface area contributed by atoms with Gasteiger partial charge in [0.1, 0.15) is 5.82 Å². The zero-order valence-electron chi connectivity index (χ0n) is 12.6. The number of carbonyl (C=O) groups is 1. The van der Waals surface area contributed by atoms with Crippen LogP contribution in [0, 0.1) is 5.82 Å². The van der Waals surface area contributed by atoms with Crippen LogP contribution in [0.15, 0.2) is 59.2 Å². The third-order valence-corrected chi connectivity index (χ3v) is 3.90. The fourth-order valence-corrected chi connectivity index (χ4v) is 2.60. The first-order chi connectivity index (χ1) is 11.6. The Bertz CT molecular complexity index is 851. The normalized spacial score (nSPS) is 10.6. The maximum Gasteiger partial charge on any atom is 0.273 e. The molecule has 2 aromatic carbocycles. The molecule has 3 aromatic rings. The zero-order chi connectivity index (χ0) is 16.9. The number of hydrogen-bond donors (Lipinski definition) is 1. The van der Waals surface area contributed by atoms with E-state index in [2.05, 4.69) is 31.6 Å². The summed E-state index contributed by atoms with van der Waals surface area (Å²) in [6, 6.07) is 14.3. The second kappa shape index (κ2) is 7.35. The van der Waals surface area contributed by atoms with Gasteiger partial charge >= 0.3 is 0 Å². The molecule has 0 aliphatic heterocycles. The SMILES string of the molecule is O=C(NCc1cc(Br)ccc1F)c1cn(Cc2ccccc2)nn1. The van der Waals surface area contributed by atoms with Crippen molar-refractivity contribution in [3.05, 3.63) is 81.8 Å². The highest BCUT2D eigenvalue weighted by Gasteiger charge is 2.12. The van der Waals surface area contributed by atoms with E-state index in [-0.39, 0.29) is 18.1 Å². The third-order valence-electron chi connectivity index (χ3n) is 3.41. The van der Waals surface area contributed by atoms with E-state index >= 15 is 0 Å². The number of nitrogens with zero attached hydrogens (tertiary/aromatic N) is 3. The minimum absolute atomic E-state index is 0.0790. The largest absolute Gasteiger partial charge is 0.346 e. The van der Waals surface area contributed by atoms with Gasteiger partial charge in [0, 0.05) is 16.6 Å². The number of benzene rings is 2. The predicted molar refractivity (Wildman–Crippen MR) is 90.8 cm³/mol. The van der Waals surface area contributed by atoms with Crippen molar-refractivity contribution >= 4 is 21.8 Å². The van der Waals surface area contributed by atoms with Crippen LogP contribution in [0.25, 0.3) is 0 Å². The molecule has 0 atom stereocenters. The fraction of sp³-hybridized carbons (Fsp3) is 0.118. The van der Waals surface area contributed by atoms with Crippen LogP contribution in [0.2, 0.25) is 0 Å². The number of rotatable bonds is 5. The first-order valence-electron chi connectivity index (χ1n) is 7.28. The summed E-state index contributed by atoms with van der Waals surface area (Å²) in [6.45, 7) is 0.608. The van der Waals surface area contributed by atoms with Gasteiger partial charge in [-0.05, 0) is 23.8 Å². The maximum absolute atomic E-state index is 13.7. The summed E-state index contributed by atoms with van der Waals surface area (Å²) in [5.41, 5.74) is 1.65. The number of aromatic nitrogens is 3. The maximum atomic E-state index is 13.7. The highest BCUT2D eigenvalue weighted by molar-refractivity contribution is 9.10. The van der Waals surface area contributed by atoms with Gasteiger partial charge in [-0.1, -0.05) is 51.5 Å². The summed E-state index contributed by atoms with van der Waals surface area (Å²) in [4.78, 5) is 12.1. The average molecular weight is 389 g/mol. The smallest absolute Gasteiger partial charge is 0.273 e. The Hall–Kier alpha value is -2.54. The van der Waals surface area contributed by atoms with Gasteiger partial charge in [0.25, 0.3) is 5.91 Å². The zero-order valence-corrected chi connectivity index (χ0v) is 14.2. The Balaban J connectivity index is 1.62. The minimum atomic E-state index is -0.395. The molecule has 0 unspecified atom stereocenters. The molecule has 7 heteroatoms. The number of carbonyl (C=O) groups excluding carboxylic acids is 1.